The van der Waals surface area contributed by atoms with Gasteiger partial charge in [-0.2, -0.15) is 0 Å². The fraction of sp³-hybridized carbons (Fsp3) is 0.625. The SMILES string of the molecule is CCC1CCC(NCc2cc([N+](=O)[O-])ccc2OC)C1C. The predicted octanol–water partition coefficient (Wildman–Crippen LogP) is 3.52. The van der Waals surface area contributed by atoms with Crippen LogP contribution in [-0.4, -0.2) is 18.1 Å². The molecule has 1 aliphatic carbocycles. The second-order valence-corrected chi connectivity index (χ2v) is 5.85. The molecule has 2 rings (SSSR count). The second-order valence-electron chi connectivity index (χ2n) is 5.85. The smallest absolute Gasteiger partial charge is 0.270 e. The highest BCUT2D eigenvalue weighted by Crippen LogP contribution is 2.34. The van der Waals surface area contributed by atoms with Crippen LogP contribution in [0.25, 0.3) is 0 Å². The Morgan fingerprint density at radius 1 is 1.43 bits per heavy atom. The quantitative estimate of drug-likeness (QED) is 0.643. The third-order valence-corrected chi connectivity index (χ3v) is 4.78. The minimum Gasteiger partial charge on any atom is -0.496 e. The normalized spacial score (nSPS) is 25.0. The predicted molar refractivity (Wildman–Crippen MR) is 82.5 cm³/mol. The minimum absolute atomic E-state index is 0.110. The Kier molecular flexibility index (Phi) is 5.17. The van der Waals surface area contributed by atoms with Gasteiger partial charge in [0.15, 0.2) is 0 Å². The fourth-order valence-electron chi connectivity index (χ4n) is 3.37. The molecule has 3 unspecified atom stereocenters. The average Bonchev–Trinajstić information content (AvgIpc) is 2.85. The zero-order valence-corrected chi connectivity index (χ0v) is 13.0. The molecule has 0 saturated heterocycles. The zero-order valence-electron chi connectivity index (χ0n) is 13.0. The van der Waals surface area contributed by atoms with Crippen LogP contribution in [-0.2, 0) is 6.54 Å². The third kappa shape index (κ3) is 3.53. The Hall–Kier alpha value is -1.62. The van der Waals surface area contributed by atoms with Crippen molar-refractivity contribution in [2.24, 2.45) is 11.8 Å². The summed E-state index contributed by atoms with van der Waals surface area (Å²) in [5.41, 5.74) is 0.956. The molecule has 0 aromatic heterocycles. The summed E-state index contributed by atoms with van der Waals surface area (Å²) in [7, 11) is 1.59. The number of rotatable bonds is 6. The van der Waals surface area contributed by atoms with Crippen molar-refractivity contribution in [2.75, 3.05) is 7.11 Å². The van der Waals surface area contributed by atoms with Crippen molar-refractivity contribution in [3.63, 3.8) is 0 Å². The van der Waals surface area contributed by atoms with Crippen LogP contribution in [0.3, 0.4) is 0 Å². The molecule has 1 saturated carbocycles. The third-order valence-electron chi connectivity index (χ3n) is 4.78. The fourth-order valence-corrected chi connectivity index (χ4v) is 3.37. The Labute approximate surface area is 125 Å². The van der Waals surface area contributed by atoms with E-state index in [1.54, 1.807) is 19.2 Å². The Bertz CT molecular complexity index is 504. The summed E-state index contributed by atoms with van der Waals surface area (Å²) in [4.78, 5) is 10.5. The Balaban J connectivity index is 2.05. The maximum Gasteiger partial charge on any atom is 0.270 e. The monoisotopic (exact) mass is 292 g/mol. The van der Waals surface area contributed by atoms with E-state index >= 15 is 0 Å². The van der Waals surface area contributed by atoms with E-state index in [9.17, 15) is 10.1 Å². The molecule has 21 heavy (non-hydrogen) atoms. The number of nitro groups is 1. The lowest BCUT2D eigenvalue weighted by atomic mass is 9.93. The highest BCUT2D eigenvalue weighted by Gasteiger charge is 2.31. The maximum atomic E-state index is 10.9. The summed E-state index contributed by atoms with van der Waals surface area (Å²) in [6, 6.07) is 5.23. The highest BCUT2D eigenvalue weighted by atomic mass is 16.6. The molecule has 0 amide bonds. The molecule has 1 N–H and O–H groups in total. The van der Waals surface area contributed by atoms with Gasteiger partial charge in [-0.25, -0.2) is 0 Å². The molecule has 3 atom stereocenters. The van der Waals surface area contributed by atoms with Crippen LogP contribution >= 0.6 is 0 Å². The van der Waals surface area contributed by atoms with E-state index < -0.39 is 0 Å². The van der Waals surface area contributed by atoms with E-state index in [2.05, 4.69) is 19.2 Å². The molecule has 5 nitrogen and oxygen atoms in total. The summed E-state index contributed by atoms with van der Waals surface area (Å²) in [5, 5.41) is 14.4. The number of non-ortho nitro benzene ring substituents is 1. The molecule has 1 aromatic carbocycles. The molecule has 1 aliphatic rings. The van der Waals surface area contributed by atoms with Gasteiger partial charge in [0.1, 0.15) is 5.75 Å². The van der Waals surface area contributed by atoms with Gasteiger partial charge in [-0.1, -0.05) is 20.3 Å². The van der Waals surface area contributed by atoms with Crippen molar-refractivity contribution in [3.05, 3.63) is 33.9 Å². The van der Waals surface area contributed by atoms with E-state index in [1.165, 1.54) is 25.3 Å². The largest absolute Gasteiger partial charge is 0.496 e. The van der Waals surface area contributed by atoms with E-state index in [-0.39, 0.29) is 10.6 Å². The summed E-state index contributed by atoms with van der Waals surface area (Å²) in [6.45, 7) is 5.15. The summed E-state index contributed by atoms with van der Waals surface area (Å²) in [6.07, 6.45) is 3.66. The number of hydrogen-bond acceptors (Lipinski definition) is 4. The van der Waals surface area contributed by atoms with Crippen molar-refractivity contribution < 1.29 is 9.66 Å². The second kappa shape index (κ2) is 6.89. The number of nitrogens with zero attached hydrogens (tertiary/aromatic N) is 1. The van der Waals surface area contributed by atoms with Crippen LogP contribution in [0.5, 0.6) is 5.75 Å². The van der Waals surface area contributed by atoms with Crippen LogP contribution in [0.4, 0.5) is 5.69 Å². The van der Waals surface area contributed by atoms with Gasteiger partial charge in [-0.3, -0.25) is 10.1 Å². The molecule has 1 fully saturated rings. The summed E-state index contributed by atoms with van der Waals surface area (Å²) >= 11 is 0. The van der Waals surface area contributed by atoms with Crippen LogP contribution < -0.4 is 10.1 Å². The van der Waals surface area contributed by atoms with Gasteiger partial charge in [0, 0.05) is 30.3 Å². The Morgan fingerprint density at radius 2 is 2.19 bits per heavy atom. The van der Waals surface area contributed by atoms with Crippen molar-refractivity contribution >= 4 is 5.69 Å². The molecule has 5 heteroatoms. The van der Waals surface area contributed by atoms with Crippen molar-refractivity contribution in [2.45, 2.75) is 45.7 Å². The van der Waals surface area contributed by atoms with Crippen molar-refractivity contribution in [3.8, 4) is 5.75 Å². The molecular weight excluding hydrogens is 268 g/mol. The lowest BCUT2D eigenvalue weighted by Gasteiger charge is -2.21. The minimum atomic E-state index is -0.367. The van der Waals surface area contributed by atoms with Crippen molar-refractivity contribution in [1.82, 2.24) is 5.32 Å². The summed E-state index contributed by atoms with van der Waals surface area (Å²) in [5.74, 6) is 2.14. The first-order chi connectivity index (χ1) is 10.1. The number of benzene rings is 1. The van der Waals surface area contributed by atoms with Gasteiger partial charge >= 0.3 is 0 Å². The zero-order chi connectivity index (χ0) is 15.4. The number of methoxy groups -OCH3 is 1. The van der Waals surface area contributed by atoms with E-state index in [0.717, 1.165) is 11.5 Å². The topological polar surface area (TPSA) is 64.4 Å². The first-order valence-electron chi connectivity index (χ1n) is 7.61. The van der Waals surface area contributed by atoms with E-state index in [0.29, 0.717) is 24.3 Å². The molecule has 116 valence electrons. The lowest BCUT2D eigenvalue weighted by Crippen LogP contribution is -2.32. The molecule has 0 radical (unpaired) electrons. The highest BCUT2D eigenvalue weighted by molar-refractivity contribution is 5.43. The van der Waals surface area contributed by atoms with Crippen LogP contribution in [0.15, 0.2) is 18.2 Å². The Morgan fingerprint density at radius 3 is 2.76 bits per heavy atom. The molecule has 0 aliphatic heterocycles. The molecular formula is C16H24N2O3. The molecule has 1 aromatic rings. The first-order valence-corrected chi connectivity index (χ1v) is 7.61. The lowest BCUT2D eigenvalue weighted by molar-refractivity contribution is -0.384. The first kappa shape index (κ1) is 15.8. The number of nitro benzene ring substituents is 1. The molecule has 0 spiro atoms. The van der Waals surface area contributed by atoms with Gasteiger partial charge < -0.3 is 10.1 Å². The summed E-state index contributed by atoms with van der Waals surface area (Å²) < 4.78 is 5.30. The van der Waals surface area contributed by atoms with E-state index in [4.69, 9.17) is 4.74 Å². The van der Waals surface area contributed by atoms with Gasteiger partial charge in [0.2, 0.25) is 0 Å². The maximum absolute atomic E-state index is 10.9. The number of hydrogen-bond donors (Lipinski definition) is 1. The molecule has 0 heterocycles. The number of nitrogens with one attached hydrogen (secondary N) is 1. The van der Waals surface area contributed by atoms with Crippen LogP contribution in [0.2, 0.25) is 0 Å². The van der Waals surface area contributed by atoms with Gasteiger partial charge in [0.05, 0.1) is 12.0 Å². The standard InChI is InChI=1S/C16H24N2O3/c1-4-12-5-7-15(11(12)2)17-10-13-9-14(18(19)20)6-8-16(13)21-3/h6,8-9,11-12,15,17H,4-5,7,10H2,1-3H3. The van der Waals surface area contributed by atoms with Gasteiger partial charge in [-0.05, 0) is 30.7 Å². The van der Waals surface area contributed by atoms with Crippen molar-refractivity contribution in [1.29, 1.82) is 0 Å². The van der Waals surface area contributed by atoms with E-state index in [1.807, 2.05) is 0 Å². The molecule has 0 bridgehead atoms. The van der Waals surface area contributed by atoms with Gasteiger partial charge in [0.25, 0.3) is 5.69 Å². The van der Waals surface area contributed by atoms with Crippen LogP contribution in [0, 0.1) is 22.0 Å². The number of ether oxygens (including phenoxy) is 1. The average molecular weight is 292 g/mol. The van der Waals surface area contributed by atoms with Crippen LogP contribution in [0.1, 0.15) is 38.7 Å². The van der Waals surface area contributed by atoms with Gasteiger partial charge in [-0.15, -0.1) is 0 Å².